The second-order valence-corrected chi connectivity index (χ2v) is 5.82. The van der Waals surface area contributed by atoms with Gasteiger partial charge in [0.25, 0.3) is 0 Å². The van der Waals surface area contributed by atoms with E-state index in [0.717, 1.165) is 18.8 Å². The van der Waals surface area contributed by atoms with Crippen LogP contribution in [-0.4, -0.2) is 38.5 Å². The van der Waals surface area contributed by atoms with Crippen LogP contribution in [0, 0.1) is 5.39 Å². The van der Waals surface area contributed by atoms with Gasteiger partial charge in [0.2, 0.25) is 11.1 Å². The first kappa shape index (κ1) is 19.3. The molecule has 0 N–H and O–H groups in total. The minimum Gasteiger partial charge on any atom is -1.00 e. The molecule has 0 aromatic heterocycles. The van der Waals surface area contributed by atoms with E-state index in [9.17, 15) is 5.39 Å². The highest BCUT2D eigenvalue weighted by Crippen LogP contribution is 2.41. The van der Waals surface area contributed by atoms with Crippen LogP contribution in [0.5, 0.6) is 11.5 Å². The average Bonchev–Trinajstić information content (AvgIpc) is 2.48. The first-order valence-electron chi connectivity index (χ1n) is 7.70. The fourth-order valence-corrected chi connectivity index (χ4v) is 2.36. The number of anilines is 1. The van der Waals surface area contributed by atoms with Gasteiger partial charge in [-0.3, -0.25) is 0 Å². The lowest BCUT2D eigenvalue weighted by Gasteiger charge is -2.30. The molecule has 1 saturated heterocycles. The first-order valence-corrected chi connectivity index (χ1v) is 7.70. The summed E-state index contributed by atoms with van der Waals surface area (Å²) in [5, 5.41) is 9.25. The van der Waals surface area contributed by atoms with Crippen molar-refractivity contribution in [1.29, 1.82) is 5.39 Å². The van der Waals surface area contributed by atoms with Gasteiger partial charge in [-0.2, -0.15) is 0 Å². The van der Waals surface area contributed by atoms with Crippen molar-refractivity contribution in [2.24, 2.45) is 0 Å². The van der Waals surface area contributed by atoms with Crippen molar-refractivity contribution >= 4 is 11.4 Å². The van der Waals surface area contributed by atoms with Gasteiger partial charge >= 0.3 is 5.69 Å². The van der Waals surface area contributed by atoms with Crippen LogP contribution >= 0.6 is 0 Å². The Morgan fingerprint density at radius 2 is 1.61 bits per heavy atom. The number of morpholine rings is 1. The minimum atomic E-state index is -0.00472. The van der Waals surface area contributed by atoms with Crippen molar-refractivity contribution in [2.45, 2.75) is 39.9 Å². The number of nitrogens with zero attached hydrogens (tertiary/aromatic N) is 3. The van der Waals surface area contributed by atoms with Gasteiger partial charge in [-0.1, -0.05) is 0 Å². The maximum atomic E-state index is 9.25. The lowest BCUT2D eigenvalue weighted by atomic mass is 10.2. The van der Waals surface area contributed by atoms with Crippen LogP contribution in [0.15, 0.2) is 12.1 Å². The minimum absolute atomic E-state index is 0. The largest absolute Gasteiger partial charge is 1.00 e. The molecule has 1 aliphatic heterocycles. The van der Waals surface area contributed by atoms with E-state index in [4.69, 9.17) is 14.2 Å². The summed E-state index contributed by atoms with van der Waals surface area (Å²) in [6.07, 6.45) is 0.0260. The number of benzene rings is 1. The fourth-order valence-electron chi connectivity index (χ4n) is 2.36. The Hall–Kier alpha value is -1.71. The molecular formula is C16H24ClN3O3. The molecule has 1 aromatic rings. The molecule has 0 amide bonds. The SMILES string of the molecule is CC(C)Oc1cc(N2CCOCC2)c(OC(C)C)cc1[N+]#N.[Cl-]. The summed E-state index contributed by atoms with van der Waals surface area (Å²) in [5.74, 6) is 1.25. The number of halogens is 1. The zero-order valence-electron chi connectivity index (χ0n) is 14.1. The van der Waals surface area contributed by atoms with E-state index in [1.165, 1.54) is 0 Å². The molecule has 0 aliphatic carbocycles. The van der Waals surface area contributed by atoms with Crippen molar-refractivity contribution in [3.63, 3.8) is 0 Å². The highest BCUT2D eigenvalue weighted by molar-refractivity contribution is 5.72. The normalized spacial score (nSPS) is 14.4. The van der Waals surface area contributed by atoms with Gasteiger partial charge in [0.15, 0.2) is 10.7 Å². The Bertz CT molecular complexity index is 552. The van der Waals surface area contributed by atoms with Crippen LogP contribution in [0.4, 0.5) is 11.4 Å². The predicted octanol–water partition coefficient (Wildman–Crippen LogP) is 0.586. The number of hydrogen-bond donors (Lipinski definition) is 0. The summed E-state index contributed by atoms with van der Waals surface area (Å²) in [6.45, 7) is 10.8. The van der Waals surface area contributed by atoms with E-state index in [0.29, 0.717) is 30.4 Å². The van der Waals surface area contributed by atoms with E-state index in [1.807, 2.05) is 33.8 Å². The molecule has 23 heavy (non-hydrogen) atoms. The van der Waals surface area contributed by atoms with Gasteiger partial charge in [0.05, 0.1) is 37.2 Å². The molecule has 0 unspecified atom stereocenters. The number of ether oxygens (including phenoxy) is 3. The van der Waals surface area contributed by atoms with Gasteiger partial charge in [-0.25, -0.2) is 0 Å². The lowest BCUT2D eigenvalue weighted by molar-refractivity contribution is -0.00000806. The van der Waals surface area contributed by atoms with E-state index in [-0.39, 0.29) is 24.6 Å². The maximum Gasteiger partial charge on any atom is 0.430 e. The molecule has 0 bridgehead atoms. The molecule has 0 radical (unpaired) electrons. The summed E-state index contributed by atoms with van der Waals surface area (Å²) in [5.41, 5.74) is 1.32. The van der Waals surface area contributed by atoms with Gasteiger partial charge < -0.3 is 31.5 Å². The number of hydrogen-bond acceptors (Lipinski definition) is 5. The second kappa shape index (κ2) is 8.80. The average molecular weight is 342 g/mol. The van der Waals surface area contributed by atoms with Crippen molar-refractivity contribution in [1.82, 2.24) is 0 Å². The van der Waals surface area contributed by atoms with E-state index >= 15 is 0 Å². The van der Waals surface area contributed by atoms with Gasteiger partial charge in [0, 0.05) is 19.2 Å². The van der Waals surface area contributed by atoms with E-state index in [2.05, 4.69) is 9.88 Å². The second-order valence-electron chi connectivity index (χ2n) is 5.82. The van der Waals surface area contributed by atoms with E-state index in [1.54, 1.807) is 6.07 Å². The monoisotopic (exact) mass is 341 g/mol. The summed E-state index contributed by atoms with van der Waals surface area (Å²) in [6, 6.07) is 3.61. The zero-order valence-corrected chi connectivity index (χ0v) is 14.8. The van der Waals surface area contributed by atoms with Gasteiger partial charge in [-0.15, -0.1) is 0 Å². The van der Waals surface area contributed by atoms with Crippen LogP contribution in [0.25, 0.3) is 4.98 Å². The molecular weight excluding hydrogens is 318 g/mol. The fraction of sp³-hybridized carbons (Fsp3) is 0.625. The molecule has 1 aromatic carbocycles. The highest BCUT2D eigenvalue weighted by atomic mass is 35.5. The van der Waals surface area contributed by atoms with Gasteiger partial charge in [-0.05, 0) is 27.7 Å². The van der Waals surface area contributed by atoms with Crippen LogP contribution in [-0.2, 0) is 4.74 Å². The molecule has 128 valence electrons. The highest BCUT2D eigenvalue weighted by Gasteiger charge is 2.25. The maximum absolute atomic E-state index is 9.25. The van der Waals surface area contributed by atoms with Crippen molar-refractivity contribution in [3.8, 4) is 11.5 Å². The predicted molar refractivity (Wildman–Crippen MR) is 85.7 cm³/mol. The molecule has 0 saturated carbocycles. The molecule has 6 nitrogen and oxygen atoms in total. The summed E-state index contributed by atoms with van der Waals surface area (Å²) in [4.78, 5) is 5.53. The van der Waals surface area contributed by atoms with Crippen LogP contribution in [0.3, 0.4) is 0 Å². The molecule has 2 rings (SSSR count). The molecule has 7 heteroatoms. The van der Waals surface area contributed by atoms with Gasteiger partial charge in [0.1, 0.15) is 0 Å². The van der Waals surface area contributed by atoms with Crippen LogP contribution in [0.1, 0.15) is 27.7 Å². The third kappa shape index (κ3) is 5.15. The third-order valence-electron chi connectivity index (χ3n) is 3.23. The Balaban J connectivity index is 0.00000264. The molecule has 0 spiro atoms. The summed E-state index contributed by atoms with van der Waals surface area (Å²) < 4.78 is 17.1. The number of rotatable bonds is 5. The lowest BCUT2D eigenvalue weighted by Crippen LogP contribution is -3.00. The standard InChI is InChI=1S/C16H24N3O3.ClH/c1-11(2)21-15-10-14(19-5-7-20-8-6-19)16(22-12(3)4)9-13(15)18-17;/h9-12H,5-8H2,1-4H3;1H/q+1;/p-1. The molecule has 0 atom stereocenters. The molecule has 1 aliphatic rings. The third-order valence-corrected chi connectivity index (χ3v) is 3.23. The van der Waals surface area contributed by atoms with Crippen molar-refractivity contribution < 1.29 is 26.6 Å². The van der Waals surface area contributed by atoms with Crippen molar-refractivity contribution in [3.05, 3.63) is 17.1 Å². The number of diazo groups is 1. The Kier molecular flexibility index (Phi) is 7.40. The Labute approximate surface area is 143 Å². The smallest absolute Gasteiger partial charge is 0.430 e. The molecule has 1 heterocycles. The summed E-state index contributed by atoms with van der Waals surface area (Å²) in [7, 11) is 0. The van der Waals surface area contributed by atoms with E-state index < -0.39 is 0 Å². The van der Waals surface area contributed by atoms with Crippen molar-refractivity contribution in [2.75, 3.05) is 31.2 Å². The first-order chi connectivity index (χ1) is 10.5. The molecule has 1 fully saturated rings. The van der Waals surface area contributed by atoms with Crippen LogP contribution < -0.4 is 26.8 Å². The Morgan fingerprint density at radius 1 is 1.04 bits per heavy atom. The summed E-state index contributed by atoms with van der Waals surface area (Å²) >= 11 is 0. The quantitative estimate of drug-likeness (QED) is 0.733. The Morgan fingerprint density at radius 3 is 2.13 bits per heavy atom. The zero-order chi connectivity index (χ0) is 16.1. The van der Waals surface area contributed by atoms with Crippen LogP contribution in [0.2, 0.25) is 0 Å². The topological polar surface area (TPSA) is 59.1 Å².